The smallest absolute Gasteiger partial charge is 0.407 e. The molecule has 2 unspecified atom stereocenters. The standard InChI is InChI=1S/C24H38N2O6/c1-17(20(27)31-23(3,4)5)26(18(2)21(28)32-24(6,7)8)15-14-25-22(29)30-16-19-12-10-9-11-13-19/h9-13,17-18H,14-16H2,1-8H3,(H,25,29). The van der Waals surface area contributed by atoms with Crippen LogP contribution < -0.4 is 5.32 Å². The van der Waals surface area contributed by atoms with Gasteiger partial charge >= 0.3 is 18.0 Å². The van der Waals surface area contributed by atoms with E-state index in [9.17, 15) is 14.4 Å². The molecule has 8 heteroatoms. The zero-order valence-electron chi connectivity index (χ0n) is 20.6. The van der Waals surface area contributed by atoms with Crippen molar-refractivity contribution in [2.45, 2.75) is 85.3 Å². The van der Waals surface area contributed by atoms with Gasteiger partial charge in [0.1, 0.15) is 29.9 Å². The lowest BCUT2D eigenvalue weighted by Gasteiger charge is -2.34. The van der Waals surface area contributed by atoms with E-state index in [-0.39, 0.29) is 19.7 Å². The molecular weight excluding hydrogens is 412 g/mol. The summed E-state index contributed by atoms with van der Waals surface area (Å²) >= 11 is 0. The van der Waals surface area contributed by atoms with E-state index in [0.29, 0.717) is 0 Å². The second kappa shape index (κ2) is 11.9. The van der Waals surface area contributed by atoms with Gasteiger partial charge in [0, 0.05) is 13.1 Å². The van der Waals surface area contributed by atoms with Gasteiger partial charge in [-0.3, -0.25) is 14.5 Å². The van der Waals surface area contributed by atoms with Gasteiger partial charge in [0.25, 0.3) is 0 Å². The molecule has 8 nitrogen and oxygen atoms in total. The van der Waals surface area contributed by atoms with Crippen LogP contribution in [-0.4, -0.2) is 59.3 Å². The first-order valence-electron chi connectivity index (χ1n) is 10.9. The summed E-state index contributed by atoms with van der Waals surface area (Å²) in [5.74, 6) is -0.917. The van der Waals surface area contributed by atoms with E-state index in [4.69, 9.17) is 14.2 Å². The summed E-state index contributed by atoms with van der Waals surface area (Å²) in [6.07, 6.45) is -0.580. The first kappa shape index (κ1) is 27.4. The number of alkyl carbamates (subject to hydrolysis) is 1. The topological polar surface area (TPSA) is 94.2 Å². The molecule has 0 aliphatic heterocycles. The third-order valence-electron chi connectivity index (χ3n) is 4.34. The molecular formula is C24H38N2O6. The minimum atomic E-state index is -0.723. The zero-order chi connectivity index (χ0) is 24.5. The molecule has 2 atom stereocenters. The first-order valence-corrected chi connectivity index (χ1v) is 10.9. The molecule has 0 spiro atoms. The summed E-state index contributed by atoms with van der Waals surface area (Å²) in [5, 5.41) is 2.66. The number of benzene rings is 1. The van der Waals surface area contributed by atoms with E-state index in [2.05, 4.69) is 5.32 Å². The molecule has 0 radical (unpaired) electrons. The number of nitrogens with zero attached hydrogens (tertiary/aromatic N) is 1. The van der Waals surface area contributed by atoms with Crippen molar-refractivity contribution in [1.29, 1.82) is 0 Å². The van der Waals surface area contributed by atoms with Crippen LogP contribution in [0.2, 0.25) is 0 Å². The molecule has 0 aromatic heterocycles. The largest absolute Gasteiger partial charge is 0.459 e. The van der Waals surface area contributed by atoms with Crippen molar-refractivity contribution in [3.05, 3.63) is 35.9 Å². The molecule has 0 fully saturated rings. The minimum Gasteiger partial charge on any atom is -0.459 e. The third-order valence-corrected chi connectivity index (χ3v) is 4.34. The average molecular weight is 451 g/mol. The highest BCUT2D eigenvalue weighted by Gasteiger charge is 2.34. The second-order valence-corrected chi connectivity index (χ2v) is 9.65. The van der Waals surface area contributed by atoms with E-state index in [0.717, 1.165) is 5.56 Å². The molecule has 0 heterocycles. The zero-order valence-corrected chi connectivity index (χ0v) is 20.6. The van der Waals surface area contributed by atoms with Crippen LogP contribution in [0.4, 0.5) is 4.79 Å². The summed E-state index contributed by atoms with van der Waals surface area (Å²) in [6.45, 7) is 14.6. The Morgan fingerprint density at radius 1 is 0.875 bits per heavy atom. The van der Waals surface area contributed by atoms with Crippen LogP contribution >= 0.6 is 0 Å². The molecule has 32 heavy (non-hydrogen) atoms. The van der Waals surface area contributed by atoms with E-state index in [1.807, 2.05) is 30.3 Å². The number of ether oxygens (including phenoxy) is 3. The Morgan fingerprint density at radius 3 is 1.78 bits per heavy atom. The number of hydrogen-bond donors (Lipinski definition) is 1. The van der Waals surface area contributed by atoms with Crippen molar-refractivity contribution in [2.75, 3.05) is 13.1 Å². The number of hydrogen-bond acceptors (Lipinski definition) is 7. The number of rotatable bonds is 9. The Hall–Kier alpha value is -2.61. The summed E-state index contributed by atoms with van der Waals surface area (Å²) in [4.78, 5) is 39.0. The van der Waals surface area contributed by atoms with Crippen molar-refractivity contribution in [3.8, 4) is 0 Å². The molecule has 1 aromatic carbocycles. The fourth-order valence-corrected chi connectivity index (χ4v) is 2.83. The highest BCUT2D eigenvalue weighted by atomic mass is 16.6. The average Bonchev–Trinajstić information content (AvgIpc) is 2.67. The second-order valence-electron chi connectivity index (χ2n) is 9.65. The fraction of sp³-hybridized carbons (Fsp3) is 0.625. The number of amides is 1. The van der Waals surface area contributed by atoms with Crippen LogP contribution in [0, 0.1) is 0 Å². The van der Waals surface area contributed by atoms with E-state index >= 15 is 0 Å². The van der Waals surface area contributed by atoms with Gasteiger partial charge in [0.15, 0.2) is 0 Å². The minimum absolute atomic E-state index is 0.152. The number of carbonyl (C=O) groups is 3. The Kier molecular flexibility index (Phi) is 10.2. The lowest BCUT2D eigenvalue weighted by Crippen LogP contribution is -2.53. The monoisotopic (exact) mass is 450 g/mol. The van der Waals surface area contributed by atoms with E-state index in [1.54, 1.807) is 60.3 Å². The molecule has 0 aliphatic carbocycles. The van der Waals surface area contributed by atoms with Crippen molar-refractivity contribution in [2.24, 2.45) is 0 Å². The Bertz CT molecular complexity index is 718. The van der Waals surface area contributed by atoms with Gasteiger partial charge in [-0.1, -0.05) is 30.3 Å². The van der Waals surface area contributed by atoms with Crippen LogP contribution in [-0.2, 0) is 30.4 Å². The number of nitrogens with one attached hydrogen (secondary N) is 1. The summed E-state index contributed by atoms with van der Waals surface area (Å²) in [6, 6.07) is 7.89. The summed E-state index contributed by atoms with van der Waals surface area (Å²) in [7, 11) is 0. The van der Waals surface area contributed by atoms with Gasteiger partial charge < -0.3 is 19.5 Å². The molecule has 180 valence electrons. The van der Waals surface area contributed by atoms with Crippen LogP contribution in [0.25, 0.3) is 0 Å². The maximum Gasteiger partial charge on any atom is 0.407 e. The first-order chi connectivity index (χ1) is 14.7. The number of esters is 2. The molecule has 0 bridgehead atoms. The van der Waals surface area contributed by atoms with E-state index in [1.165, 1.54) is 0 Å². The molecule has 1 N–H and O–H groups in total. The van der Waals surface area contributed by atoms with Crippen molar-refractivity contribution >= 4 is 18.0 Å². The molecule has 0 aliphatic rings. The molecule has 1 rings (SSSR count). The van der Waals surface area contributed by atoms with Crippen LogP contribution in [0.5, 0.6) is 0 Å². The van der Waals surface area contributed by atoms with Gasteiger partial charge in [-0.25, -0.2) is 4.79 Å². The maximum absolute atomic E-state index is 12.6. The third kappa shape index (κ3) is 10.6. The molecule has 1 amide bonds. The lowest BCUT2D eigenvalue weighted by atomic mass is 10.1. The fourth-order valence-electron chi connectivity index (χ4n) is 2.83. The van der Waals surface area contributed by atoms with Crippen molar-refractivity contribution in [3.63, 3.8) is 0 Å². The predicted octanol–water partition coefficient (Wildman–Crippen LogP) is 3.68. The van der Waals surface area contributed by atoms with Gasteiger partial charge in [-0.15, -0.1) is 0 Å². The van der Waals surface area contributed by atoms with Gasteiger partial charge in [0.05, 0.1) is 0 Å². The van der Waals surface area contributed by atoms with Gasteiger partial charge in [0.2, 0.25) is 0 Å². The summed E-state index contributed by atoms with van der Waals surface area (Å²) in [5.41, 5.74) is -0.446. The lowest BCUT2D eigenvalue weighted by molar-refractivity contribution is -0.167. The SMILES string of the molecule is CC(C(=O)OC(C)(C)C)N(CCNC(=O)OCc1ccccc1)C(C)C(=O)OC(C)(C)C. The quantitative estimate of drug-likeness (QED) is 0.453. The Morgan fingerprint density at radius 2 is 1.34 bits per heavy atom. The van der Waals surface area contributed by atoms with Gasteiger partial charge in [-0.2, -0.15) is 0 Å². The molecule has 1 aromatic rings. The van der Waals surface area contributed by atoms with Crippen molar-refractivity contribution < 1.29 is 28.6 Å². The number of carbonyl (C=O) groups excluding carboxylic acids is 3. The highest BCUT2D eigenvalue weighted by molar-refractivity contribution is 5.79. The Labute approximate surface area is 191 Å². The summed E-state index contributed by atoms with van der Waals surface area (Å²) < 4.78 is 16.2. The van der Waals surface area contributed by atoms with Crippen LogP contribution in [0.1, 0.15) is 61.0 Å². The predicted molar refractivity (Wildman–Crippen MR) is 122 cm³/mol. The maximum atomic E-state index is 12.6. The van der Waals surface area contributed by atoms with Crippen LogP contribution in [0.3, 0.4) is 0 Å². The van der Waals surface area contributed by atoms with E-state index < -0.39 is 41.3 Å². The Balaban J connectivity index is 2.75. The normalized spacial score (nSPS) is 13.8. The van der Waals surface area contributed by atoms with Gasteiger partial charge in [-0.05, 0) is 61.0 Å². The molecule has 0 saturated heterocycles. The van der Waals surface area contributed by atoms with Crippen molar-refractivity contribution in [1.82, 2.24) is 10.2 Å². The van der Waals surface area contributed by atoms with Crippen LogP contribution in [0.15, 0.2) is 30.3 Å². The molecule has 0 saturated carbocycles. The highest BCUT2D eigenvalue weighted by Crippen LogP contribution is 2.16.